The van der Waals surface area contributed by atoms with Gasteiger partial charge in [0.15, 0.2) is 5.82 Å². The number of hydrazine groups is 1. The van der Waals surface area contributed by atoms with Gasteiger partial charge < -0.3 is 10.6 Å². The predicted molar refractivity (Wildman–Crippen MR) is 47.0 cm³/mol. The molecular formula is C7H9N5O. The lowest BCUT2D eigenvalue weighted by atomic mass is 10.4. The highest BCUT2D eigenvalue weighted by molar-refractivity contribution is 5.74. The number of fused-ring (bicyclic) bond motifs is 1. The molecule has 2 amide bonds. The zero-order chi connectivity index (χ0) is 9.26. The van der Waals surface area contributed by atoms with E-state index in [1.165, 1.54) is 5.01 Å². The Hall–Kier alpha value is -1.98. The van der Waals surface area contributed by atoms with Crippen molar-refractivity contribution < 1.29 is 4.79 Å². The molecule has 0 aromatic heterocycles. The van der Waals surface area contributed by atoms with Gasteiger partial charge in [-0.15, -0.1) is 0 Å². The van der Waals surface area contributed by atoms with E-state index in [0.717, 1.165) is 0 Å². The Morgan fingerprint density at radius 3 is 3.31 bits per heavy atom. The molecule has 0 saturated carbocycles. The molecule has 3 N–H and O–H groups in total. The fraction of sp³-hybridized carbons (Fsp3) is 0.143. The molecule has 0 aliphatic carbocycles. The predicted octanol–water partition coefficient (Wildman–Crippen LogP) is -0.458. The lowest BCUT2D eigenvalue weighted by Gasteiger charge is -2.34. The first-order chi connectivity index (χ1) is 6.29. The van der Waals surface area contributed by atoms with Gasteiger partial charge >= 0.3 is 6.03 Å². The quantitative estimate of drug-likeness (QED) is 0.528. The van der Waals surface area contributed by atoms with Crippen LogP contribution in [0.3, 0.4) is 0 Å². The van der Waals surface area contributed by atoms with Crippen molar-refractivity contribution in [3.63, 3.8) is 0 Å². The van der Waals surface area contributed by atoms with Gasteiger partial charge in [-0.05, 0) is 0 Å². The summed E-state index contributed by atoms with van der Waals surface area (Å²) in [4.78, 5) is 16.7. The highest BCUT2D eigenvalue weighted by Gasteiger charge is 2.22. The molecule has 0 aromatic rings. The van der Waals surface area contributed by atoms with Crippen LogP contribution in [-0.4, -0.2) is 28.7 Å². The third-order valence-corrected chi connectivity index (χ3v) is 1.78. The Morgan fingerprint density at radius 1 is 1.69 bits per heavy atom. The zero-order valence-electron chi connectivity index (χ0n) is 6.84. The summed E-state index contributed by atoms with van der Waals surface area (Å²) in [5.74, 6) is 0.637. The Morgan fingerprint density at radius 2 is 2.54 bits per heavy atom. The lowest BCUT2D eigenvalue weighted by molar-refractivity contribution is 0.184. The van der Waals surface area contributed by atoms with Gasteiger partial charge in [0.1, 0.15) is 0 Å². The smallest absolute Gasteiger partial charge is 0.339 e. The largest absolute Gasteiger partial charge is 0.350 e. The van der Waals surface area contributed by atoms with E-state index in [0.29, 0.717) is 12.4 Å². The number of nitrogens with two attached hydrogens (primary N) is 1. The van der Waals surface area contributed by atoms with E-state index in [1.54, 1.807) is 18.6 Å². The molecular weight excluding hydrogens is 170 g/mol. The molecule has 2 heterocycles. The summed E-state index contributed by atoms with van der Waals surface area (Å²) in [6.45, 7) is 0.647. The van der Waals surface area contributed by atoms with Gasteiger partial charge in [-0.25, -0.2) is 4.79 Å². The maximum absolute atomic E-state index is 10.9. The van der Waals surface area contributed by atoms with Crippen LogP contribution in [-0.2, 0) is 0 Å². The molecule has 68 valence electrons. The maximum Gasteiger partial charge on any atom is 0.339 e. The van der Waals surface area contributed by atoms with Crippen molar-refractivity contribution >= 4 is 12.2 Å². The van der Waals surface area contributed by atoms with Crippen molar-refractivity contribution in [3.8, 4) is 0 Å². The number of nitrogens with one attached hydrogen (secondary N) is 1. The average molecular weight is 179 g/mol. The van der Waals surface area contributed by atoms with E-state index < -0.39 is 6.03 Å². The molecule has 6 nitrogen and oxygen atoms in total. The summed E-state index contributed by atoms with van der Waals surface area (Å²) in [5.41, 5.74) is 7.86. The minimum absolute atomic E-state index is 0.558. The van der Waals surface area contributed by atoms with Crippen molar-refractivity contribution in [2.45, 2.75) is 0 Å². The molecule has 13 heavy (non-hydrogen) atoms. The number of hydrogen-bond acceptors (Lipinski definition) is 4. The first-order valence-electron chi connectivity index (χ1n) is 3.80. The van der Waals surface area contributed by atoms with Crippen molar-refractivity contribution in [1.29, 1.82) is 0 Å². The molecule has 0 unspecified atom stereocenters. The van der Waals surface area contributed by atoms with E-state index in [2.05, 4.69) is 10.4 Å². The van der Waals surface area contributed by atoms with Gasteiger partial charge in [-0.1, -0.05) is 0 Å². The second-order valence-electron chi connectivity index (χ2n) is 2.59. The monoisotopic (exact) mass is 179 g/mol. The number of primary amides is 1. The molecule has 2 aliphatic rings. The molecule has 0 atom stereocenters. The number of aliphatic imine (C=N–C) groups is 1. The summed E-state index contributed by atoms with van der Waals surface area (Å²) in [6, 6.07) is -0.558. The fourth-order valence-corrected chi connectivity index (χ4v) is 1.19. The Labute approximate surface area is 75.0 Å². The van der Waals surface area contributed by atoms with Crippen LogP contribution in [0.15, 0.2) is 29.4 Å². The summed E-state index contributed by atoms with van der Waals surface area (Å²) >= 11 is 0. The van der Waals surface area contributed by atoms with Gasteiger partial charge in [0.2, 0.25) is 0 Å². The molecule has 2 rings (SSSR count). The minimum Gasteiger partial charge on any atom is -0.350 e. The topological polar surface area (TPSA) is 74.0 Å². The molecule has 0 spiro atoms. The minimum atomic E-state index is -0.558. The van der Waals surface area contributed by atoms with E-state index in [-0.39, 0.29) is 0 Å². The van der Waals surface area contributed by atoms with E-state index in [9.17, 15) is 4.79 Å². The van der Waals surface area contributed by atoms with Crippen LogP contribution in [0.1, 0.15) is 0 Å². The van der Waals surface area contributed by atoms with Crippen LogP contribution in [0.4, 0.5) is 4.79 Å². The number of urea groups is 1. The molecule has 6 heteroatoms. The average Bonchev–Trinajstić information content (AvgIpc) is 2.17. The summed E-state index contributed by atoms with van der Waals surface area (Å²) in [7, 11) is 0. The van der Waals surface area contributed by atoms with Crippen LogP contribution in [0.25, 0.3) is 0 Å². The first kappa shape index (κ1) is 7.66. The normalized spacial score (nSPS) is 19.2. The first-order valence-corrected chi connectivity index (χ1v) is 3.80. The van der Waals surface area contributed by atoms with Crippen molar-refractivity contribution in [2.75, 3.05) is 6.54 Å². The lowest BCUT2D eigenvalue weighted by Crippen LogP contribution is -2.50. The standard InChI is InChI=1S/C7H9N5O/c8-7(13)12-6-5-9-1-3-11(6)4-2-10-12/h1-2,4-5,10H,3H2,(H2,8,13). The highest BCUT2D eigenvalue weighted by atomic mass is 16.2. The Bertz CT molecular complexity index is 319. The van der Waals surface area contributed by atoms with Gasteiger partial charge in [-0.3, -0.25) is 10.4 Å². The number of carbonyl (C=O) groups is 1. The van der Waals surface area contributed by atoms with E-state index >= 15 is 0 Å². The van der Waals surface area contributed by atoms with Crippen LogP contribution in [0.5, 0.6) is 0 Å². The molecule has 0 bridgehead atoms. The van der Waals surface area contributed by atoms with Crippen molar-refractivity contribution in [2.24, 2.45) is 10.7 Å². The SMILES string of the molecule is NC(=O)N1NC=CN2CC=NC=C21. The summed E-state index contributed by atoms with van der Waals surface area (Å²) < 4.78 is 0. The summed E-state index contributed by atoms with van der Waals surface area (Å²) in [6.07, 6.45) is 6.78. The van der Waals surface area contributed by atoms with Gasteiger partial charge in [0.05, 0.1) is 12.7 Å². The molecule has 2 aliphatic heterocycles. The van der Waals surface area contributed by atoms with E-state index in [4.69, 9.17) is 5.73 Å². The highest BCUT2D eigenvalue weighted by Crippen LogP contribution is 2.14. The third kappa shape index (κ3) is 1.22. The molecule has 0 saturated heterocycles. The Kier molecular flexibility index (Phi) is 1.66. The maximum atomic E-state index is 10.9. The number of rotatable bonds is 0. The second-order valence-corrected chi connectivity index (χ2v) is 2.59. The number of amides is 2. The summed E-state index contributed by atoms with van der Waals surface area (Å²) in [5, 5.41) is 1.23. The number of hydrogen-bond donors (Lipinski definition) is 2. The van der Waals surface area contributed by atoms with Crippen molar-refractivity contribution in [3.05, 3.63) is 24.4 Å². The molecule has 0 aromatic carbocycles. The van der Waals surface area contributed by atoms with Gasteiger partial charge in [-0.2, -0.15) is 5.01 Å². The molecule has 0 radical (unpaired) electrons. The van der Waals surface area contributed by atoms with Crippen LogP contribution in [0.2, 0.25) is 0 Å². The van der Waals surface area contributed by atoms with Crippen LogP contribution < -0.4 is 11.2 Å². The molecule has 0 fully saturated rings. The van der Waals surface area contributed by atoms with E-state index in [1.807, 2.05) is 11.1 Å². The fourth-order valence-electron chi connectivity index (χ4n) is 1.19. The number of carbonyl (C=O) groups excluding carboxylic acids is 1. The number of nitrogens with zero attached hydrogens (tertiary/aromatic N) is 3. The zero-order valence-corrected chi connectivity index (χ0v) is 6.84. The Balaban J connectivity index is 2.32. The van der Waals surface area contributed by atoms with Crippen LogP contribution in [0, 0.1) is 0 Å². The van der Waals surface area contributed by atoms with Gasteiger partial charge in [0, 0.05) is 18.6 Å². The van der Waals surface area contributed by atoms with Gasteiger partial charge in [0.25, 0.3) is 0 Å². The second kappa shape index (κ2) is 2.81. The van der Waals surface area contributed by atoms with Crippen molar-refractivity contribution in [1.82, 2.24) is 15.3 Å². The van der Waals surface area contributed by atoms with Crippen LogP contribution >= 0.6 is 0 Å². The third-order valence-electron chi connectivity index (χ3n) is 1.78.